The number of rotatable bonds is 17. The van der Waals surface area contributed by atoms with Crippen molar-refractivity contribution >= 4 is 25.1 Å². The number of hydrogen-bond donors (Lipinski definition) is 5. The van der Waals surface area contributed by atoms with Gasteiger partial charge in [-0.05, 0) is 37.8 Å². The molecule has 49 heavy (non-hydrogen) atoms. The van der Waals surface area contributed by atoms with Crippen molar-refractivity contribution in [1.82, 2.24) is 20.2 Å². The fraction of sp³-hybridized carbons (Fsp3) is 0.562. The standard InChI is InChI=1S/C32H44N5O11P/c1-4-27-26(38)18-30(47-27)36-20-23(31(41)35-32(36)42)11-10-15-33-29(40)12-8-6-7-9-16-49(45,46)48-21(3)24-17-22(19-34-28(39)5-2)13-14-25(24)37(43)44/h13-14,17,20-21,26-27,30,38H,4-9,12,15-16,18-19H2,1-3H3,(H,33,40)(H,34,39)(H,45,46)(H,35,41,42). The first-order valence-electron chi connectivity index (χ1n) is 16.2. The molecule has 5 N–H and O–H groups in total. The van der Waals surface area contributed by atoms with Crippen molar-refractivity contribution in [2.24, 2.45) is 0 Å². The Morgan fingerprint density at radius 2 is 1.94 bits per heavy atom. The number of ether oxygens (including phenoxy) is 1. The third-order valence-corrected chi connectivity index (χ3v) is 9.46. The van der Waals surface area contributed by atoms with Crippen molar-refractivity contribution in [3.63, 3.8) is 0 Å². The Balaban J connectivity index is 1.40. The minimum atomic E-state index is -4.10. The molecule has 3 rings (SSSR count). The van der Waals surface area contributed by atoms with Gasteiger partial charge in [-0.2, -0.15) is 0 Å². The molecule has 5 unspecified atom stereocenters. The van der Waals surface area contributed by atoms with Gasteiger partial charge in [0.2, 0.25) is 11.8 Å². The normalized spacial score (nSPS) is 18.9. The van der Waals surface area contributed by atoms with E-state index in [1.165, 1.54) is 35.9 Å². The highest BCUT2D eigenvalue weighted by molar-refractivity contribution is 7.52. The molecule has 1 saturated heterocycles. The third-order valence-electron chi connectivity index (χ3n) is 7.94. The highest BCUT2D eigenvalue weighted by atomic mass is 31.2. The molecule has 2 amide bonds. The van der Waals surface area contributed by atoms with Gasteiger partial charge in [-0.3, -0.25) is 38.6 Å². The Bertz CT molecular complexity index is 1710. The van der Waals surface area contributed by atoms with E-state index in [9.17, 15) is 43.9 Å². The Hall–Kier alpha value is -4.13. The number of H-pyrrole nitrogens is 1. The van der Waals surface area contributed by atoms with Crippen LogP contribution in [0.25, 0.3) is 0 Å². The van der Waals surface area contributed by atoms with Crippen molar-refractivity contribution in [2.75, 3.05) is 12.7 Å². The molecule has 17 heteroatoms. The molecule has 0 spiro atoms. The lowest BCUT2D eigenvalue weighted by Gasteiger charge is -2.19. The van der Waals surface area contributed by atoms with Gasteiger partial charge in [-0.25, -0.2) is 4.79 Å². The van der Waals surface area contributed by atoms with Gasteiger partial charge >= 0.3 is 13.3 Å². The van der Waals surface area contributed by atoms with E-state index in [0.717, 1.165) is 0 Å². The van der Waals surface area contributed by atoms with Crippen LogP contribution in [-0.2, 0) is 30.0 Å². The van der Waals surface area contributed by atoms with E-state index in [2.05, 4.69) is 27.5 Å². The van der Waals surface area contributed by atoms with E-state index in [-0.39, 0.29) is 67.1 Å². The van der Waals surface area contributed by atoms with Crippen LogP contribution in [0.2, 0.25) is 0 Å². The largest absolute Gasteiger partial charge is 0.390 e. The lowest BCUT2D eigenvalue weighted by atomic mass is 10.0. The van der Waals surface area contributed by atoms with E-state index in [1.54, 1.807) is 6.92 Å². The summed E-state index contributed by atoms with van der Waals surface area (Å²) >= 11 is 0. The molecule has 1 aliphatic heterocycles. The molecule has 1 aromatic heterocycles. The number of nitrogens with one attached hydrogen (secondary N) is 3. The van der Waals surface area contributed by atoms with Crippen molar-refractivity contribution in [2.45, 2.75) is 103 Å². The quantitative estimate of drug-likeness (QED) is 0.0528. The number of benzene rings is 1. The zero-order valence-electron chi connectivity index (χ0n) is 27.8. The molecular formula is C32H44N5O11P. The predicted molar refractivity (Wildman–Crippen MR) is 179 cm³/mol. The SMILES string of the molecule is CCC(=O)NCc1ccc([N+](=O)[O-])c(C(C)OP(=O)(O)CCCCCCC(=O)NCC#Cc2cn(C3CC(O)C(CC)O3)c(=O)[nH]c2=O)c1. The number of aromatic amines is 1. The highest BCUT2D eigenvalue weighted by Gasteiger charge is 2.34. The molecule has 1 aliphatic rings. The van der Waals surface area contributed by atoms with Gasteiger partial charge in [0.15, 0.2) is 0 Å². The van der Waals surface area contributed by atoms with Crippen LogP contribution in [0, 0.1) is 22.0 Å². The average molecular weight is 706 g/mol. The smallest absolute Gasteiger partial charge is 0.330 e. The number of aromatic nitrogens is 2. The molecule has 0 aliphatic carbocycles. The first-order valence-corrected chi connectivity index (χ1v) is 18.0. The van der Waals surface area contributed by atoms with Crippen LogP contribution in [0.5, 0.6) is 0 Å². The van der Waals surface area contributed by atoms with E-state index < -0.39 is 48.3 Å². The van der Waals surface area contributed by atoms with E-state index in [0.29, 0.717) is 37.7 Å². The molecule has 268 valence electrons. The van der Waals surface area contributed by atoms with Crippen LogP contribution in [0.15, 0.2) is 34.0 Å². The summed E-state index contributed by atoms with van der Waals surface area (Å²) in [5, 5.41) is 27.0. The molecule has 0 radical (unpaired) electrons. The first kappa shape index (κ1) is 39.3. The van der Waals surface area contributed by atoms with Crippen LogP contribution >= 0.6 is 7.60 Å². The van der Waals surface area contributed by atoms with E-state index in [1.807, 2.05) is 6.92 Å². The first-order chi connectivity index (χ1) is 23.2. The summed E-state index contributed by atoms with van der Waals surface area (Å²) in [5.41, 5.74) is -0.896. The van der Waals surface area contributed by atoms with Gasteiger partial charge in [0.1, 0.15) is 11.8 Å². The monoisotopic (exact) mass is 705 g/mol. The number of nitrogens with zero attached hydrogens (tertiary/aromatic N) is 2. The number of nitro benzene ring substituents is 1. The third kappa shape index (κ3) is 12.1. The lowest BCUT2D eigenvalue weighted by Crippen LogP contribution is -2.33. The van der Waals surface area contributed by atoms with Crippen molar-refractivity contribution < 1.29 is 38.3 Å². The zero-order valence-corrected chi connectivity index (χ0v) is 28.7. The van der Waals surface area contributed by atoms with Gasteiger partial charge in [0.05, 0.1) is 41.5 Å². The van der Waals surface area contributed by atoms with Crippen molar-refractivity contribution in [1.29, 1.82) is 0 Å². The number of nitro groups is 1. The van der Waals surface area contributed by atoms with E-state index >= 15 is 0 Å². The summed E-state index contributed by atoms with van der Waals surface area (Å²) in [5.74, 6) is 4.88. The summed E-state index contributed by atoms with van der Waals surface area (Å²) in [7, 11) is -4.10. The van der Waals surface area contributed by atoms with Crippen LogP contribution < -0.4 is 21.9 Å². The summed E-state index contributed by atoms with van der Waals surface area (Å²) in [6.07, 6.45) is 1.40. The summed E-state index contributed by atoms with van der Waals surface area (Å²) in [6, 6.07) is 4.26. The number of aliphatic hydroxyl groups excluding tert-OH is 1. The van der Waals surface area contributed by atoms with E-state index in [4.69, 9.17) is 9.26 Å². The number of aliphatic hydroxyl groups is 1. The zero-order chi connectivity index (χ0) is 36.1. The number of carbonyl (C=O) groups excluding carboxylic acids is 2. The summed E-state index contributed by atoms with van der Waals surface area (Å²) in [4.78, 5) is 71.8. The second kappa shape index (κ2) is 18.6. The van der Waals surface area contributed by atoms with Gasteiger partial charge in [-0.1, -0.05) is 44.6 Å². The predicted octanol–water partition coefficient (Wildman–Crippen LogP) is 2.91. The molecule has 16 nitrogen and oxygen atoms in total. The average Bonchev–Trinajstić information content (AvgIpc) is 3.43. The number of amides is 2. The number of unbranched alkanes of at least 4 members (excludes halogenated alkanes) is 3. The topological polar surface area (TPSA) is 232 Å². The van der Waals surface area contributed by atoms with Gasteiger partial charge in [0.25, 0.3) is 11.2 Å². The van der Waals surface area contributed by atoms with Gasteiger partial charge < -0.3 is 29.9 Å². The summed E-state index contributed by atoms with van der Waals surface area (Å²) < 4.78 is 25.0. The minimum absolute atomic E-state index is 0.00979. The molecular weight excluding hydrogens is 661 g/mol. The Morgan fingerprint density at radius 3 is 2.61 bits per heavy atom. The number of hydrogen-bond acceptors (Lipinski definition) is 10. The molecule has 2 heterocycles. The second-order valence-electron chi connectivity index (χ2n) is 11.7. The van der Waals surface area contributed by atoms with Gasteiger partial charge in [0, 0.05) is 38.1 Å². The highest BCUT2D eigenvalue weighted by Crippen LogP contribution is 2.48. The van der Waals surface area contributed by atoms with Crippen molar-refractivity contribution in [3.05, 3.63) is 72.0 Å². The molecule has 1 fully saturated rings. The maximum atomic E-state index is 12.7. The second-order valence-corrected chi connectivity index (χ2v) is 13.6. The fourth-order valence-electron chi connectivity index (χ4n) is 5.25. The van der Waals surface area contributed by atoms with Crippen molar-refractivity contribution in [3.8, 4) is 11.8 Å². The molecule has 2 aromatic rings. The Labute approximate surface area is 283 Å². The lowest BCUT2D eigenvalue weighted by molar-refractivity contribution is -0.386. The van der Waals surface area contributed by atoms with Crippen LogP contribution in [-0.4, -0.2) is 61.2 Å². The number of carbonyl (C=O) groups is 2. The maximum absolute atomic E-state index is 12.7. The Kier molecular flexibility index (Phi) is 14.9. The molecule has 0 bridgehead atoms. The minimum Gasteiger partial charge on any atom is -0.390 e. The molecule has 0 saturated carbocycles. The fourth-order valence-corrected chi connectivity index (χ4v) is 6.59. The van der Waals surface area contributed by atoms with Crippen LogP contribution in [0.4, 0.5) is 5.69 Å². The van der Waals surface area contributed by atoms with Crippen LogP contribution in [0.1, 0.15) is 101 Å². The van der Waals surface area contributed by atoms with Crippen LogP contribution in [0.3, 0.4) is 0 Å². The Morgan fingerprint density at radius 1 is 1.20 bits per heavy atom. The molecule has 1 aromatic carbocycles. The summed E-state index contributed by atoms with van der Waals surface area (Å²) in [6.45, 7) is 5.12. The maximum Gasteiger partial charge on any atom is 0.330 e. The van der Waals surface area contributed by atoms with Gasteiger partial charge in [-0.15, -0.1) is 0 Å². The molecule has 5 atom stereocenters.